The number of aromatic amines is 1. The number of halogens is 2. The molecule has 3 N–H and O–H groups in total. The number of rotatable bonds is 8. The van der Waals surface area contributed by atoms with Crippen LogP contribution in [0, 0.1) is 5.82 Å². The average Bonchev–Trinajstić information content (AvgIpc) is 3.24. The van der Waals surface area contributed by atoms with Crippen LogP contribution in [-0.2, 0) is 11.2 Å². The van der Waals surface area contributed by atoms with E-state index in [0.29, 0.717) is 13.0 Å². The fraction of sp³-hybridized carbons (Fsp3) is 0.500. The molecular formula is C20H29FIN5O. The van der Waals surface area contributed by atoms with Crippen LogP contribution in [0.25, 0.3) is 10.9 Å². The van der Waals surface area contributed by atoms with Gasteiger partial charge in [-0.05, 0) is 49.9 Å². The zero-order chi connectivity index (χ0) is 19.1. The predicted octanol–water partition coefficient (Wildman–Crippen LogP) is 3.04. The number of aliphatic imine (C=N–C) groups is 1. The molecule has 1 aromatic heterocycles. The molecule has 1 aliphatic heterocycles. The second kappa shape index (κ2) is 11.2. The summed E-state index contributed by atoms with van der Waals surface area (Å²) in [6.45, 7) is 5.92. The Bertz CT molecular complexity index is 807. The first-order valence-corrected chi connectivity index (χ1v) is 9.73. The summed E-state index contributed by atoms with van der Waals surface area (Å²) in [6, 6.07) is 4.82. The highest BCUT2D eigenvalue weighted by Gasteiger charge is 2.18. The normalized spacial score (nSPS) is 14.4. The molecule has 154 valence electrons. The summed E-state index contributed by atoms with van der Waals surface area (Å²) < 4.78 is 13.3. The minimum absolute atomic E-state index is 0. The fourth-order valence-electron chi connectivity index (χ4n) is 3.42. The minimum atomic E-state index is -0.230. The molecule has 0 aliphatic carbocycles. The Morgan fingerprint density at radius 3 is 2.96 bits per heavy atom. The number of fused-ring (bicyclic) bond motifs is 1. The van der Waals surface area contributed by atoms with Crippen molar-refractivity contribution in [1.82, 2.24) is 20.5 Å². The van der Waals surface area contributed by atoms with Gasteiger partial charge in [0.05, 0.1) is 0 Å². The number of amides is 1. The van der Waals surface area contributed by atoms with Gasteiger partial charge in [0, 0.05) is 56.2 Å². The summed E-state index contributed by atoms with van der Waals surface area (Å²) in [5, 5.41) is 7.64. The lowest BCUT2D eigenvalue weighted by atomic mass is 10.1. The molecular weight excluding hydrogens is 472 g/mol. The highest BCUT2D eigenvalue weighted by molar-refractivity contribution is 14.0. The summed E-state index contributed by atoms with van der Waals surface area (Å²) in [4.78, 5) is 21.2. The molecule has 0 saturated carbocycles. The minimum Gasteiger partial charge on any atom is -0.361 e. The van der Waals surface area contributed by atoms with Crippen LogP contribution in [0.15, 0.2) is 29.4 Å². The fourth-order valence-corrected chi connectivity index (χ4v) is 3.42. The van der Waals surface area contributed by atoms with E-state index < -0.39 is 0 Å². The van der Waals surface area contributed by atoms with Crippen molar-refractivity contribution in [3.05, 3.63) is 35.8 Å². The lowest BCUT2D eigenvalue weighted by Gasteiger charge is -2.15. The van der Waals surface area contributed by atoms with E-state index in [1.807, 2.05) is 24.1 Å². The number of nitrogens with one attached hydrogen (secondary N) is 3. The summed E-state index contributed by atoms with van der Waals surface area (Å²) >= 11 is 0. The molecule has 8 heteroatoms. The number of likely N-dealkylation sites (tertiary alicyclic amines) is 1. The summed E-state index contributed by atoms with van der Waals surface area (Å²) in [5.74, 6) is 0.824. The number of benzene rings is 1. The van der Waals surface area contributed by atoms with Gasteiger partial charge in [-0.2, -0.15) is 0 Å². The second-order valence-electron chi connectivity index (χ2n) is 6.78. The Kier molecular flexibility index (Phi) is 9.01. The standard InChI is InChI=1S/C20H28FN5O.HI/c1-2-22-20(23-9-4-12-26-11-3-5-19(26)27)24-10-8-15-14-25-18-13-16(21)6-7-17(15)18;/h6-7,13-14,25H,2-5,8-12H2,1H3,(H2,22,23,24);1H. The smallest absolute Gasteiger partial charge is 0.222 e. The zero-order valence-electron chi connectivity index (χ0n) is 16.3. The predicted molar refractivity (Wildman–Crippen MR) is 122 cm³/mol. The van der Waals surface area contributed by atoms with Crippen LogP contribution >= 0.6 is 24.0 Å². The van der Waals surface area contributed by atoms with E-state index in [9.17, 15) is 9.18 Å². The Labute approximate surface area is 182 Å². The van der Waals surface area contributed by atoms with Crippen molar-refractivity contribution in [3.8, 4) is 0 Å². The molecule has 3 rings (SSSR count). The summed E-state index contributed by atoms with van der Waals surface area (Å²) in [6.07, 6.45) is 5.29. The monoisotopic (exact) mass is 501 g/mol. The Morgan fingerprint density at radius 2 is 2.21 bits per heavy atom. The van der Waals surface area contributed by atoms with Crippen molar-refractivity contribution in [3.63, 3.8) is 0 Å². The molecule has 1 aliphatic rings. The number of carbonyl (C=O) groups excluding carboxylic acids is 1. The van der Waals surface area contributed by atoms with Gasteiger partial charge in [0.1, 0.15) is 5.82 Å². The van der Waals surface area contributed by atoms with E-state index in [0.717, 1.165) is 67.9 Å². The highest BCUT2D eigenvalue weighted by Crippen LogP contribution is 2.19. The topological polar surface area (TPSA) is 72.5 Å². The van der Waals surface area contributed by atoms with Gasteiger partial charge in [-0.25, -0.2) is 4.39 Å². The number of H-pyrrole nitrogens is 1. The van der Waals surface area contributed by atoms with Crippen molar-refractivity contribution in [2.45, 2.75) is 32.6 Å². The van der Waals surface area contributed by atoms with Gasteiger partial charge < -0.3 is 20.5 Å². The van der Waals surface area contributed by atoms with E-state index in [-0.39, 0.29) is 35.7 Å². The van der Waals surface area contributed by atoms with Crippen LogP contribution < -0.4 is 10.6 Å². The van der Waals surface area contributed by atoms with Crippen LogP contribution in [-0.4, -0.2) is 54.5 Å². The van der Waals surface area contributed by atoms with Crippen molar-refractivity contribution in [2.24, 2.45) is 4.99 Å². The molecule has 2 heterocycles. The zero-order valence-corrected chi connectivity index (χ0v) is 18.6. The van der Waals surface area contributed by atoms with E-state index in [4.69, 9.17) is 0 Å². The lowest BCUT2D eigenvalue weighted by Crippen LogP contribution is -2.38. The SMILES string of the molecule is CCNC(=NCCCN1CCCC1=O)NCCc1c[nH]c2cc(F)ccc12.I. The van der Waals surface area contributed by atoms with Gasteiger partial charge in [-0.3, -0.25) is 9.79 Å². The molecule has 1 amide bonds. The molecule has 28 heavy (non-hydrogen) atoms. The van der Waals surface area contributed by atoms with Crippen LogP contribution in [0.3, 0.4) is 0 Å². The molecule has 0 spiro atoms. The quantitative estimate of drug-likeness (QED) is 0.226. The van der Waals surface area contributed by atoms with Gasteiger partial charge in [0.15, 0.2) is 5.96 Å². The lowest BCUT2D eigenvalue weighted by molar-refractivity contribution is -0.127. The number of hydrogen-bond acceptors (Lipinski definition) is 2. The number of carbonyl (C=O) groups is 1. The molecule has 6 nitrogen and oxygen atoms in total. The van der Waals surface area contributed by atoms with Crippen LogP contribution in [0.2, 0.25) is 0 Å². The van der Waals surface area contributed by atoms with Crippen molar-refractivity contribution >= 4 is 46.7 Å². The highest BCUT2D eigenvalue weighted by atomic mass is 127. The van der Waals surface area contributed by atoms with Crippen LogP contribution in [0.1, 0.15) is 31.7 Å². The van der Waals surface area contributed by atoms with Crippen LogP contribution in [0.4, 0.5) is 4.39 Å². The van der Waals surface area contributed by atoms with Crippen molar-refractivity contribution < 1.29 is 9.18 Å². The van der Waals surface area contributed by atoms with Gasteiger partial charge in [0.25, 0.3) is 0 Å². The van der Waals surface area contributed by atoms with Crippen LogP contribution in [0.5, 0.6) is 0 Å². The number of nitrogens with zero attached hydrogens (tertiary/aromatic N) is 2. The third kappa shape index (κ3) is 6.08. The first-order valence-electron chi connectivity index (χ1n) is 9.73. The Balaban J connectivity index is 0.00000280. The third-order valence-electron chi connectivity index (χ3n) is 4.79. The van der Waals surface area contributed by atoms with Crippen molar-refractivity contribution in [1.29, 1.82) is 0 Å². The van der Waals surface area contributed by atoms with E-state index in [2.05, 4.69) is 20.6 Å². The number of aromatic nitrogens is 1. The maximum Gasteiger partial charge on any atom is 0.222 e. The van der Waals surface area contributed by atoms with E-state index in [1.165, 1.54) is 12.1 Å². The van der Waals surface area contributed by atoms with Gasteiger partial charge in [-0.15, -0.1) is 24.0 Å². The largest absolute Gasteiger partial charge is 0.361 e. The molecule has 0 atom stereocenters. The number of hydrogen-bond donors (Lipinski definition) is 3. The van der Waals surface area contributed by atoms with Gasteiger partial charge >= 0.3 is 0 Å². The second-order valence-corrected chi connectivity index (χ2v) is 6.78. The molecule has 1 aromatic carbocycles. The van der Waals surface area contributed by atoms with Gasteiger partial charge in [0.2, 0.25) is 5.91 Å². The molecule has 0 radical (unpaired) electrons. The first kappa shape index (κ1) is 22.4. The third-order valence-corrected chi connectivity index (χ3v) is 4.79. The molecule has 0 bridgehead atoms. The Hall–Kier alpha value is -1.84. The number of guanidine groups is 1. The Morgan fingerprint density at radius 1 is 1.36 bits per heavy atom. The molecule has 1 saturated heterocycles. The maximum atomic E-state index is 13.3. The summed E-state index contributed by atoms with van der Waals surface area (Å²) in [7, 11) is 0. The molecule has 2 aromatic rings. The average molecular weight is 501 g/mol. The molecule has 0 unspecified atom stereocenters. The molecule has 1 fully saturated rings. The van der Waals surface area contributed by atoms with Crippen molar-refractivity contribution in [2.75, 3.05) is 32.7 Å². The van der Waals surface area contributed by atoms with E-state index >= 15 is 0 Å². The summed E-state index contributed by atoms with van der Waals surface area (Å²) in [5.41, 5.74) is 1.97. The van der Waals surface area contributed by atoms with Gasteiger partial charge in [-0.1, -0.05) is 0 Å². The maximum absolute atomic E-state index is 13.3. The van der Waals surface area contributed by atoms with E-state index in [1.54, 1.807) is 0 Å². The first-order chi connectivity index (χ1) is 13.2.